The summed E-state index contributed by atoms with van der Waals surface area (Å²) in [6, 6.07) is 44.1. The molecule has 3 N–H and O–H groups in total. The Balaban J connectivity index is 1.04. The molecule has 4 nitrogen and oxygen atoms in total. The molecule has 0 saturated carbocycles. The number of furan rings is 1. The van der Waals surface area contributed by atoms with Gasteiger partial charge in [-0.1, -0.05) is 121 Å². The van der Waals surface area contributed by atoms with Crippen LogP contribution >= 0.6 is 22.7 Å². The van der Waals surface area contributed by atoms with Crippen molar-refractivity contribution in [1.29, 1.82) is 0 Å². The highest BCUT2D eigenvalue weighted by Gasteiger charge is 2.32. The first-order valence-electron chi connectivity index (χ1n) is 17.7. The fraction of sp³-hybridized carbons (Fsp3) is 0.111. The van der Waals surface area contributed by atoms with Crippen LogP contribution in [0.5, 0.6) is 0 Å². The second-order valence-electron chi connectivity index (χ2n) is 13.6. The Labute approximate surface area is 302 Å². The van der Waals surface area contributed by atoms with Crippen LogP contribution in [0, 0.1) is 0 Å². The average Bonchev–Trinajstić information content (AvgIpc) is 3.89. The third kappa shape index (κ3) is 4.75. The number of para-hydroxylation sites is 1. The lowest BCUT2D eigenvalue weighted by molar-refractivity contribution is 0.225. The molecule has 246 valence electrons. The third-order valence-corrected chi connectivity index (χ3v) is 13.2. The molecule has 0 amide bonds. The Morgan fingerprint density at radius 2 is 1.18 bits per heavy atom. The summed E-state index contributed by atoms with van der Waals surface area (Å²) in [6.07, 6.45) is 8.87. The van der Waals surface area contributed by atoms with Gasteiger partial charge in [0, 0.05) is 67.8 Å². The van der Waals surface area contributed by atoms with E-state index in [0.29, 0.717) is 0 Å². The van der Waals surface area contributed by atoms with E-state index in [1.807, 2.05) is 34.8 Å². The van der Waals surface area contributed by atoms with Crippen LogP contribution < -0.4 is 16.0 Å². The molecule has 6 heteroatoms. The normalized spacial score (nSPS) is 19.6. The quantitative estimate of drug-likeness (QED) is 0.172. The van der Waals surface area contributed by atoms with Crippen molar-refractivity contribution in [2.45, 2.75) is 31.3 Å². The monoisotopic (exact) mass is 695 g/mol. The van der Waals surface area contributed by atoms with Crippen molar-refractivity contribution in [3.05, 3.63) is 156 Å². The van der Waals surface area contributed by atoms with Gasteiger partial charge in [0.1, 0.15) is 11.2 Å². The maximum atomic E-state index is 6.33. The van der Waals surface area contributed by atoms with Crippen molar-refractivity contribution in [1.82, 2.24) is 16.0 Å². The molecule has 3 aromatic heterocycles. The van der Waals surface area contributed by atoms with Crippen LogP contribution in [0.25, 0.3) is 73.4 Å². The van der Waals surface area contributed by atoms with Crippen LogP contribution in [0.2, 0.25) is 0 Å². The second-order valence-corrected chi connectivity index (χ2v) is 15.7. The van der Waals surface area contributed by atoms with E-state index in [1.165, 1.54) is 62.6 Å². The van der Waals surface area contributed by atoms with Gasteiger partial charge in [0.25, 0.3) is 0 Å². The minimum Gasteiger partial charge on any atom is -0.456 e. The third-order valence-electron chi connectivity index (χ3n) is 10.7. The van der Waals surface area contributed by atoms with Crippen molar-refractivity contribution < 1.29 is 4.42 Å². The van der Waals surface area contributed by atoms with E-state index < -0.39 is 0 Å². The van der Waals surface area contributed by atoms with Crippen LogP contribution in [0.3, 0.4) is 0 Å². The van der Waals surface area contributed by atoms with Gasteiger partial charge < -0.3 is 4.42 Å². The van der Waals surface area contributed by atoms with Gasteiger partial charge in [-0.15, -0.1) is 22.7 Å². The summed E-state index contributed by atoms with van der Waals surface area (Å²) in [5, 5.41) is 19.4. The predicted molar refractivity (Wildman–Crippen MR) is 217 cm³/mol. The van der Waals surface area contributed by atoms with Gasteiger partial charge in [-0.3, -0.25) is 16.0 Å². The average molecular weight is 696 g/mol. The Kier molecular flexibility index (Phi) is 6.82. The fourth-order valence-corrected chi connectivity index (χ4v) is 10.8. The highest BCUT2D eigenvalue weighted by molar-refractivity contribution is 7.27. The molecule has 0 spiro atoms. The molecule has 51 heavy (non-hydrogen) atoms. The first-order chi connectivity index (χ1) is 25.3. The van der Waals surface area contributed by atoms with Gasteiger partial charge in [-0.25, -0.2) is 0 Å². The molecule has 0 radical (unpaired) electrons. The summed E-state index contributed by atoms with van der Waals surface area (Å²) in [5.41, 5.74) is 8.14. The molecule has 1 fully saturated rings. The smallest absolute Gasteiger partial charge is 0.135 e. The molecule has 1 aliphatic heterocycles. The predicted octanol–water partition coefficient (Wildman–Crippen LogP) is 12.1. The van der Waals surface area contributed by atoms with E-state index in [4.69, 9.17) is 4.42 Å². The minimum absolute atomic E-state index is 0.0186. The maximum Gasteiger partial charge on any atom is 0.135 e. The Bertz CT molecular complexity index is 2890. The van der Waals surface area contributed by atoms with E-state index in [1.54, 1.807) is 0 Å². The summed E-state index contributed by atoms with van der Waals surface area (Å²) in [7, 11) is 0. The van der Waals surface area contributed by atoms with E-state index in [0.717, 1.165) is 40.3 Å². The number of nitrogens with one attached hydrogen (secondary N) is 3. The lowest BCUT2D eigenvalue weighted by Gasteiger charge is -2.40. The highest BCUT2D eigenvalue weighted by atomic mass is 32.1. The first-order valence-corrected chi connectivity index (χ1v) is 19.3. The summed E-state index contributed by atoms with van der Waals surface area (Å²) >= 11 is 3.82. The number of rotatable bonds is 4. The van der Waals surface area contributed by atoms with Crippen molar-refractivity contribution in [3.8, 4) is 11.1 Å². The lowest BCUT2D eigenvalue weighted by atomic mass is 9.98. The lowest BCUT2D eigenvalue weighted by Crippen LogP contribution is -2.59. The number of thiophene rings is 2. The molecule has 3 unspecified atom stereocenters. The Hall–Kier alpha value is -5.08. The van der Waals surface area contributed by atoms with Crippen molar-refractivity contribution in [2.24, 2.45) is 0 Å². The number of hydrogen-bond donors (Lipinski definition) is 3. The molecule has 11 rings (SSSR count). The van der Waals surface area contributed by atoms with Gasteiger partial charge in [0.2, 0.25) is 0 Å². The van der Waals surface area contributed by atoms with E-state index in [-0.39, 0.29) is 18.5 Å². The molecule has 9 aromatic rings. The number of benzene rings is 6. The van der Waals surface area contributed by atoms with Crippen LogP contribution in [-0.4, -0.2) is 6.17 Å². The second kappa shape index (κ2) is 11.7. The summed E-state index contributed by atoms with van der Waals surface area (Å²) in [6.45, 7) is 0. The van der Waals surface area contributed by atoms with Crippen LogP contribution in [0.4, 0.5) is 0 Å². The molecule has 1 aliphatic carbocycles. The number of allylic oxidation sites excluding steroid dienone is 2. The Morgan fingerprint density at radius 1 is 0.510 bits per heavy atom. The molecule has 4 heterocycles. The molecule has 6 aromatic carbocycles. The van der Waals surface area contributed by atoms with Crippen molar-refractivity contribution in [3.63, 3.8) is 0 Å². The zero-order chi connectivity index (χ0) is 33.5. The number of fused-ring (bicyclic) bond motifs is 9. The fourth-order valence-electron chi connectivity index (χ4n) is 8.22. The van der Waals surface area contributed by atoms with Crippen molar-refractivity contribution >= 4 is 85.0 Å². The largest absolute Gasteiger partial charge is 0.456 e. The summed E-state index contributed by atoms with van der Waals surface area (Å²) in [4.78, 5) is 0. The van der Waals surface area contributed by atoms with Gasteiger partial charge >= 0.3 is 0 Å². The van der Waals surface area contributed by atoms with Gasteiger partial charge in [0.15, 0.2) is 0 Å². The molecular formula is C45H33N3OS2. The zero-order valence-corrected chi connectivity index (χ0v) is 29.3. The standard InChI is InChI=1S/C45H33N3OS2/c1-2-11-26(12-3-1)43-46-44(27-23-24-29-28-13-4-6-21-37(28)49-38(29)25-27)48-45(47-43)36-20-10-19-35-34-18-9-17-33(41(34)51-42(35)36)32-16-8-15-31-30-14-5-7-22-39(30)50-40(31)32/h2,4-25,43-48H,1,3H2. The molecule has 1 saturated heterocycles. The van der Waals surface area contributed by atoms with Crippen LogP contribution in [0.1, 0.15) is 36.3 Å². The highest BCUT2D eigenvalue weighted by Crippen LogP contribution is 2.46. The molecule has 2 aliphatic rings. The van der Waals surface area contributed by atoms with Crippen LogP contribution in [-0.2, 0) is 0 Å². The van der Waals surface area contributed by atoms with Gasteiger partial charge in [0.05, 0.1) is 18.5 Å². The van der Waals surface area contributed by atoms with E-state index in [2.05, 4.69) is 143 Å². The molecular weight excluding hydrogens is 663 g/mol. The van der Waals surface area contributed by atoms with Gasteiger partial charge in [-0.05, 0) is 42.2 Å². The van der Waals surface area contributed by atoms with Crippen LogP contribution in [0.15, 0.2) is 150 Å². The van der Waals surface area contributed by atoms with Crippen molar-refractivity contribution in [2.75, 3.05) is 0 Å². The zero-order valence-electron chi connectivity index (χ0n) is 27.7. The number of hydrogen-bond acceptors (Lipinski definition) is 6. The van der Waals surface area contributed by atoms with E-state index >= 15 is 0 Å². The van der Waals surface area contributed by atoms with Gasteiger partial charge in [-0.2, -0.15) is 0 Å². The minimum atomic E-state index is -0.0964. The topological polar surface area (TPSA) is 49.2 Å². The first kappa shape index (κ1) is 29.6. The molecule has 3 atom stereocenters. The summed E-state index contributed by atoms with van der Waals surface area (Å²) < 4.78 is 11.7. The SMILES string of the molecule is C1=CC(C2NC(c3ccc4c(c3)oc3ccccc34)NC(c3cccc4c3sc3c(-c5cccc6c5sc5ccccc56)cccc34)N2)=CCC1. The Morgan fingerprint density at radius 3 is 2.02 bits per heavy atom. The summed E-state index contributed by atoms with van der Waals surface area (Å²) in [5.74, 6) is 0. The maximum absolute atomic E-state index is 6.33. The molecule has 0 bridgehead atoms. The van der Waals surface area contributed by atoms with E-state index in [9.17, 15) is 0 Å².